The van der Waals surface area contributed by atoms with Gasteiger partial charge in [-0.05, 0) is 61.0 Å². The number of thiazole rings is 1. The Morgan fingerprint density at radius 3 is 2.39 bits per heavy atom. The van der Waals surface area contributed by atoms with E-state index in [2.05, 4.69) is 41.1 Å². The summed E-state index contributed by atoms with van der Waals surface area (Å²) in [5.74, 6) is 2.10. The van der Waals surface area contributed by atoms with Crippen molar-refractivity contribution in [3.05, 3.63) is 72.8 Å². The van der Waals surface area contributed by atoms with Crippen LogP contribution in [0.3, 0.4) is 0 Å². The number of fused-ring (bicyclic) bond motifs is 1. The lowest BCUT2D eigenvalue weighted by molar-refractivity contribution is -0.113. The Balaban J connectivity index is 1.28. The SMILES string of the molecule is C=CCn1c(SCC(=O)Nc2ccc(-c3nc4ccc(C)cc4s3)cc2)nnc1-c1cc(OC)c(OC)c(OC)c1. The molecule has 2 aromatic heterocycles. The molecular weight excluding hydrogens is 558 g/mol. The van der Waals surface area contributed by atoms with Gasteiger partial charge in [-0.15, -0.1) is 28.1 Å². The van der Waals surface area contributed by atoms with Crippen LogP contribution in [0.1, 0.15) is 5.56 Å². The molecule has 11 heteroatoms. The lowest BCUT2D eigenvalue weighted by Gasteiger charge is -2.14. The number of hydrogen-bond acceptors (Lipinski definition) is 9. The largest absolute Gasteiger partial charge is 0.493 e. The standard InChI is InChI=1S/C30H29N5O4S2/c1-6-13-35-28(20-15-23(37-3)27(39-5)24(16-20)38-4)33-34-30(35)40-17-26(36)31-21-10-8-19(9-11-21)29-32-22-12-7-18(2)14-25(22)41-29/h6-12,14-16H,1,13,17H2,2-5H3,(H,31,36). The number of aromatic nitrogens is 4. The predicted octanol–water partition coefficient (Wildman–Crippen LogP) is 6.47. The summed E-state index contributed by atoms with van der Waals surface area (Å²) in [6.45, 7) is 6.39. The molecule has 210 valence electrons. The molecule has 0 aliphatic heterocycles. The predicted molar refractivity (Wildman–Crippen MR) is 164 cm³/mol. The Kier molecular flexibility index (Phi) is 8.55. The third kappa shape index (κ3) is 6.06. The number of nitrogens with one attached hydrogen (secondary N) is 1. The number of anilines is 1. The van der Waals surface area contributed by atoms with Gasteiger partial charge in [0.05, 0.1) is 37.3 Å². The van der Waals surface area contributed by atoms with Crippen molar-refractivity contribution in [2.45, 2.75) is 18.6 Å². The van der Waals surface area contributed by atoms with Gasteiger partial charge in [0.1, 0.15) is 5.01 Å². The highest BCUT2D eigenvalue weighted by Gasteiger charge is 2.20. The zero-order valence-corrected chi connectivity index (χ0v) is 24.8. The molecule has 0 unspecified atom stereocenters. The Morgan fingerprint density at radius 2 is 1.73 bits per heavy atom. The summed E-state index contributed by atoms with van der Waals surface area (Å²) in [4.78, 5) is 17.5. The molecule has 1 amide bonds. The van der Waals surface area contributed by atoms with Crippen LogP contribution in [-0.2, 0) is 11.3 Å². The number of ether oxygens (including phenoxy) is 3. The normalized spacial score (nSPS) is 10.9. The van der Waals surface area contributed by atoms with Crippen molar-refractivity contribution >= 4 is 44.9 Å². The van der Waals surface area contributed by atoms with Crippen LogP contribution in [0, 0.1) is 6.92 Å². The summed E-state index contributed by atoms with van der Waals surface area (Å²) >= 11 is 2.95. The third-order valence-electron chi connectivity index (χ3n) is 6.24. The highest BCUT2D eigenvalue weighted by molar-refractivity contribution is 7.99. The second-order valence-electron chi connectivity index (χ2n) is 9.02. The molecule has 0 aliphatic rings. The Bertz CT molecular complexity index is 1690. The van der Waals surface area contributed by atoms with Crippen molar-refractivity contribution in [1.82, 2.24) is 19.7 Å². The van der Waals surface area contributed by atoms with Crippen LogP contribution >= 0.6 is 23.1 Å². The summed E-state index contributed by atoms with van der Waals surface area (Å²) in [5, 5.41) is 13.2. The van der Waals surface area contributed by atoms with Crippen molar-refractivity contribution in [2.24, 2.45) is 0 Å². The molecule has 5 rings (SSSR count). The molecule has 41 heavy (non-hydrogen) atoms. The molecule has 0 bridgehead atoms. The average molecular weight is 588 g/mol. The average Bonchev–Trinajstić information content (AvgIpc) is 3.59. The summed E-state index contributed by atoms with van der Waals surface area (Å²) in [7, 11) is 4.67. The summed E-state index contributed by atoms with van der Waals surface area (Å²) in [6, 6.07) is 17.6. The van der Waals surface area contributed by atoms with Crippen molar-refractivity contribution in [3.63, 3.8) is 0 Å². The number of carbonyl (C=O) groups is 1. The first-order chi connectivity index (χ1) is 19.9. The number of rotatable bonds is 11. The molecule has 0 atom stereocenters. The first kappa shape index (κ1) is 28.2. The second kappa shape index (κ2) is 12.4. The maximum Gasteiger partial charge on any atom is 0.234 e. The van der Waals surface area contributed by atoms with Crippen LogP contribution in [0.5, 0.6) is 17.2 Å². The molecule has 0 spiro atoms. The third-order valence-corrected chi connectivity index (χ3v) is 8.28. The lowest BCUT2D eigenvalue weighted by Crippen LogP contribution is -2.14. The molecule has 0 fully saturated rings. The van der Waals surface area contributed by atoms with E-state index in [4.69, 9.17) is 19.2 Å². The number of nitrogens with zero attached hydrogens (tertiary/aromatic N) is 4. The quantitative estimate of drug-likeness (QED) is 0.139. The van der Waals surface area contributed by atoms with Crippen molar-refractivity contribution in [2.75, 3.05) is 32.4 Å². The molecule has 5 aromatic rings. The maximum atomic E-state index is 12.8. The fraction of sp³-hybridized carbons (Fsp3) is 0.200. The summed E-state index contributed by atoms with van der Waals surface area (Å²) < 4.78 is 19.5. The molecule has 9 nitrogen and oxygen atoms in total. The Labute approximate surface area is 246 Å². The van der Waals surface area contributed by atoms with Crippen LogP contribution in [0.2, 0.25) is 0 Å². The van der Waals surface area contributed by atoms with E-state index in [1.54, 1.807) is 38.7 Å². The zero-order chi connectivity index (χ0) is 28.9. The number of hydrogen-bond donors (Lipinski definition) is 1. The molecular formula is C30H29N5O4S2. The number of aryl methyl sites for hydroxylation is 1. The molecule has 0 radical (unpaired) electrons. The van der Waals surface area contributed by atoms with Gasteiger partial charge in [-0.3, -0.25) is 9.36 Å². The van der Waals surface area contributed by atoms with Gasteiger partial charge < -0.3 is 19.5 Å². The molecule has 3 aromatic carbocycles. The second-order valence-corrected chi connectivity index (χ2v) is 11.0. The van der Waals surface area contributed by atoms with E-state index in [1.165, 1.54) is 17.3 Å². The topological polar surface area (TPSA) is 100 Å². The zero-order valence-electron chi connectivity index (χ0n) is 23.1. The molecule has 0 saturated heterocycles. The van der Waals surface area contributed by atoms with Gasteiger partial charge in [0, 0.05) is 23.4 Å². The van der Waals surface area contributed by atoms with Gasteiger partial charge in [-0.2, -0.15) is 0 Å². The van der Waals surface area contributed by atoms with E-state index in [1.807, 2.05) is 47.0 Å². The van der Waals surface area contributed by atoms with Crippen molar-refractivity contribution in [3.8, 4) is 39.2 Å². The van der Waals surface area contributed by atoms with Crippen LogP contribution in [-0.4, -0.2) is 52.7 Å². The number of methoxy groups -OCH3 is 3. The first-order valence-corrected chi connectivity index (χ1v) is 14.5. The van der Waals surface area contributed by atoms with Gasteiger partial charge in [0.15, 0.2) is 22.5 Å². The number of allylic oxidation sites excluding steroid dienone is 1. The van der Waals surface area contributed by atoms with Gasteiger partial charge >= 0.3 is 0 Å². The monoisotopic (exact) mass is 587 g/mol. The van der Waals surface area contributed by atoms with Gasteiger partial charge in [0.2, 0.25) is 11.7 Å². The first-order valence-electron chi connectivity index (χ1n) is 12.7. The smallest absolute Gasteiger partial charge is 0.234 e. The van der Waals surface area contributed by atoms with Gasteiger partial charge in [-0.1, -0.05) is 23.9 Å². The molecule has 0 aliphatic carbocycles. The minimum Gasteiger partial charge on any atom is -0.493 e. The van der Waals surface area contributed by atoms with Crippen molar-refractivity contribution in [1.29, 1.82) is 0 Å². The van der Waals surface area contributed by atoms with Crippen LogP contribution in [0.25, 0.3) is 32.2 Å². The maximum absolute atomic E-state index is 12.8. The number of amides is 1. The number of benzene rings is 3. The minimum absolute atomic E-state index is 0.152. The Morgan fingerprint density at radius 1 is 1.00 bits per heavy atom. The van der Waals surface area contributed by atoms with E-state index in [-0.39, 0.29) is 11.7 Å². The highest BCUT2D eigenvalue weighted by Crippen LogP contribution is 2.41. The fourth-order valence-electron chi connectivity index (χ4n) is 4.29. The van der Waals surface area contributed by atoms with Gasteiger partial charge in [0.25, 0.3) is 0 Å². The van der Waals surface area contributed by atoms with Crippen molar-refractivity contribution < 1.29 is 19.0 Å². The van der Waals surface area contributed by atoms with Crippen LogP contribution in [0.15, 0.2) is 72.4 Å². The highest BCUT2D eigenvalue weighted by atomic mass is 32.2. The van der Waals surface area contributed by atoms with E-state index < -0.39 is 0 Å². The van der Waals surface area contributed by atoms with Crippen LogP contribution in [0.4, 0.5) is 5.69 Å². The van der Waals surface area contributed by atoms with Crippen LogP contribution < -0.4 is 19.5 Å². The van der Waals surface area contributed by atoms with Gasteiger partial charge in [-0.25, -0.2) is 4.98 Å². The minimum atomic E-state index is -0.152. The van der Waals surface area contributed by atoms with E-state index in [0.29, 0.717) is 40.5 Å². The fourth-order valence-corrected chi connectivity index (χ4v) is 6.11. The molecule has 1 N–H and O–H groups in total. The molecule has 2 heterocycles. The number of thioether (sulfide) groups is 1. The summed E-state index contributed by atoms with van der Waals surface area (Å²) in [5.41, 5.74) is 4.65. The summed E-state index contributed by atoms with van der Waals surface area (Å²) in [6.07, 6.45) is 1.75. The van der Waals surface area contributed by atoms with E-state index >= 15 is 0 Å². The van der Waals surface area contributed by atoms with E-state index in [9.17, 15) is 4.79 Å². The lowest BCUT2D eigenvalue weighted by atomic mass is 10.1. The Hall–Kier alpha value is -4.35. The number of carbonyl (C=O) groups excluding carboxylic acids is 1. The van der Waals surface area contributed by atoms with E-state index in [0.717, 1.165) is 26.4 Å². The molecule has 0 saturated carbocycles.